The number of nitrogens with one attached hydrogen (secondary N) is 4. The van der Waals surface area contributed by atoms with Crippen molar-refractivity contribution < 1.29 is 133 Å². The largest absolute Gasteiger partial charge is 0.382 e. The second kappa shape index (κ2) is 80.3. The number of nitrogens with two attached hydrogens (primary N) is 2. The van der Waals surface area contributed by atoms with Crippen molar-refractivity contribution in [3.05, 3.63) is 11.4 Å². The molecule has 0 aliphatic rings. The van der Waals surface area contributed by atoms with E-state index in [1.807, 2.05) is 6.92 Å². The number of ether oxygens (including phenoxy) is 24. The monoisotopic (exact) mass is 1450 g/mol. The topological polar surface area (TPSA) is 416 Å². The second-order valence-electron chi connectivity index (χ2n) is 20.0. The predicted octanol–water partition coefficient (Wildman–Crippen LogP) is -1.20. The van der Waals surface area contributed by atoms with Gasteiger partial charge in [-0.1, -0.05) is 6.92 Å². The minimum absolute atomic E-state index is 0.0752. The van der Waals surface area contributed by atoms with Gasteiger partial charge in [-0.3, -0.25) is 19.2 Å². The third-order valence-electron chi connectivity index (χ3n) is 12.1. The van der Waals surface area contributed by atoms with E-state index in [1.54, 1.807) is 21.1 Å². The molecule has 36 heteroatoms. The van der Waals surface area contributed by atoms with E-state index >= 15 is 0 Å². The molecular weight excluding hydrogens is 1330 g/mol. The molecule has 0 saturated carbocycles. The highest BCUT2D eigenvalue weighted by Gasteiger charge is 2.20. The summed E-state index contributed by atoms with van der Waals surface area (Å²) in [6.45, 7) is 27.5. The normalized spacial score (nSPS) is 11.3. The number of amides is 4. The fraction of sp³-hybridized carbons (Fsp3) is 0.875. The summed E-state index contributed by atoms with van der Waals surface area (Å²) < 4.78 is 129. The van der Waals surface area contributed by atoms with Gasteiger partial charge >= 0.3 is 0 Å². The zero-order valence-corrected chi connectivity index (χ0v) is 60.2. The van der Waals surface area contributed by atoms with Crippen LogP contribution in [0.25, 0.3) is 0 Å². The molecule has 0 spiro atoms. The number of carbonyl (C=O) groups excluding carboxylic acids is 4. The average molecular weight is 1450 g/mol. The molecule has 8 N–H and O–H groups in total. The van der Waals surface area contributed by atoms with Crippen LogP contribution in [0.3, 0.4) is 0 Å². The van der Waals surface area contributed by atoms with Gasteiger partial charge in [0.1, 0.15) is 0 Å². The van der Waals surface area contributed by atoms with Gasteiger partial charge in [0.2, 0.25) is 11.8 Å². The Morgan fingerprint density at radius 2 is 0.440 bits per heavy atom. The maximum absolute atomic E-state index is 12.5. The molecule has 0 bridgehead atoms. The molecule has 0 aliphatic carbocycles. The van der Waals surface area contributed by atoms with E-state index in [2.05, 4.69) is 31.2 Å². The van der Waals surface area contributed by atoms with E-state index in [1.165, 1.54) is 0 Å². The lowest BCUT2D eigenvalue weighted by Crippen LogP contribution is -2.36. The molecule has 4 amide bonds. The van der Waals surface area contributed by atoms with E-state index in [9.17, 15) is 19.2 Å². The third-order valence-corrected chi connectivity index (χ3v) is 12.1. The van der Waals surface area contributed by atoms with Crippen LogP contribution in [-0.4, -0.2) is 378 Å². The first-order chi connectivity index (χ1) is 49.2. The van der Waals surface area contributed by atoms with Crippen LogP contribution in [0.2, 0.25) is 0 Å². The van der Waals surface area contributed by atoms with Gasteiger partial charge in [0.25, 0.3) is 11.8 Å². The first kappa shape index (κ1) is 95.6. The molecule has 0 radical (unpaired) electrons. The van der Waals surface area contributed by atoms with Crippen LogP contribution in [-0.2, 0) is 123 Å². The van der Waals surface area contributed by atoms with E-state index in [-0.39, 0.29) is 74.0 Å². The molecular formula is C64H124N8O28. The Morgan fingerprint density at radius 3 is 0.640 bits per heavy atom. The van der Waals surface area contributed by atoms with Gasteiger partial charge in [-0.25, -0.2) is 9.97 Å². The third kappa shape index (κ3) is 70.6. The van der Waals surface area contributed by atoms with Crippen molar-refractivity contribution in [3.8, 4) is 0 Å². The molecule has 588 valence electrons. The first-order valence-corrected chi connectivity index (χ1v) is 34.4. The van der Waals surface area contributed by atoms with Crippen molar-refractivity contribution in [3.63, 3.8) is 0 Å². The number of methoxy groups -OCH3 is 2. The number of hydrogen-bond donors (Lipinski definition) is 6. The first-order valence-electron chi connectivity index (χ1n) is 34.4. The average Bonchev–Trinajstić information content (AvgIpc) is 0.837. The Hall–Kier alpha value is -4.40. The maximum Gasteiger partial charge on any atom is 0.273 e. The Bertz CT molecular complexity index is 1910. The standard InChI is InChI=1S/C39H72N8O16.C25H52O12/c1-3-32(48)42-5-7-44-38(50)34-36(40)47-35(37(41)46-34)39(51)45-8-6-43-33(49)4-9-53-12-13-55-16-17-57-20-21-59-24-25-61-28-29-63-31-30-62-27-26-60-23-22-58-19-18-56-15-14-54-11-10-52-2;1-3-27-6-7-29-10-11-31-14-15-33-18-19-35-22-23-37-25-24-36-21-20-34-17-16-32-13-12-30-9-8-28-5-4-26-2/h3-31H2,1-2H3,(H2,40,47)(H2,41,46)(H,42,48)(H,43,49)(H,44,50)(H,45,51);3-25H2,1-2H3. The molecule has 100 heavy (non-hydrogen) atoms. The van der Waals surface area contributed by atoms with Crippen LogP contribution < -0.4 is 32.7 Å². The Kier molecular flexibility index (Phi) is 76.8. The van der Waals surface area contributed by atoms with Crippen LogP contribution in [0.5, 0.6) is 0 Å². The van der Waals surface area contributed by atoms with Crippen LogP contribution in [0.15, 0.2) is 0 Å². The molecule has 1 heterocycles. The minimum Gasteiger partial charge on any atom is -0.382 e. The SMILES string of the molecule is CCC(=O)NCCNC(=O)c1nc(N)c(C(=O)NCCNC(=O)CCOCCOCCOCCOCCOCCOCCOCCOCCOCCOCCOCCOC)nc1N.CCOCCOCCOCCOCCOCCOCCOCCOCCOCCOCCOCCOC. The van der Waals surface area contributed by atoms with Gasteiger partial charge < -0.3 is 146 Å². The highest BCUT2D eigenvalue weighted by molar-refractivity contribution is 6.00. The summed E-state index contributed by atoms with van der Waals surface area (Å²) >= 11 is 0. The number of aromatic nitrogens is 2. The zero-order chi connectivity index (χ0) is 72.6. The van der Waals surface area contributed by atoms with E-state index in [4.69, 9.17) is 125 Å². The van der Waals surface area contributed by atoms with Crippen molar-refractivity contribution in [2.75, 3.05) is 356 Å². The van der Waals surface area contributed by atoms with Crippen LogP contribution in [0.4, 0.5) is 11.6 Å². The molecule has 0 saturated heterocycles. The second-order valence-corrected chi connectivity index (χ2v) is 20.0. The number of nitrogen functional groups attached to an aromatic ring is 2. The molecule has 1 rings (SSSR count). The lowest BCUT2D eigenvalue weighted by Gasteiger charge is -2.11. The molecule has 0 fully saturated rings. The Morgan fingerprint density at radius 1 is 0.260 bits per heavy atom. The van der Waals surface area contributed by atoms with Crippen LogP contribution >= 0.6 is 0 Å². The summed E-state index contributed by atoms with van der Waals surface area (Å²) in [5, 5.41) is 10.4. The summed E-state index contributed by atoms with van der Waals surface area (Å²) in [6, 6.07) is 0. The van der Waals surface area contributed by atoms with Gasteiger partial charge in [0.05, 0.1) is 297 Å². The molecule has 1 aromatic rings. The van der Waals surface area contributed by atoms with E-state index < -0.39 is 11.8 Å². The summed E-state index contributed by atoms with van der Waals surface area (Å²) in [6.07, 6.45) is 0.444. The van der Waals surface area contributed by atoms with E-state index in [0.717, 1.165) is 0 Å². The van der Waals surface area contributed by atoms with Crippen LogP contribution in [0, 0.1) is 0 Å². The maximum atomic E-state index is 12.5. The molecule has 0 aliphatic heterocycles. The van der Waals surface area contributed by atoms with Crippen molar-refractivity contribution in [2.45, 2.75) is 26.7 Å². The van der Waals surface area contributed by atoms with Gasteiger partial charge in [-0.05, 0) is 6.92 Å². The van der Waals surface area contributed by atoms with Crippen molar-refractivity contribution in [1.29, 1.82) is 0 Å². The van der Waals surface area contributed by atoms with Gasteiger partial charge in [-0.2, -0.15) is 0 Å². The number of nitrogens with zero attached hydrogens (tertiary/aromatic N) is 2. The predicted molar refractivity (Wildman–Crippen MR) is 364 cm³/mol. The molecule has 0 aromatic carbocycles. The lowest BCUT2D eigenvalue weighted by molar-refractivity contribution is -0.122. The zero-order valence-electron chi connectivity index (χ0n) is 60.2. The molecule has 1 aromatic heterocycles. The summed E-state index contributed by atoms with van der Waals surface area (Å²) in [5.41, 5.74) is 11.2. The van der Waals surface area contributed by atoms with Crippen molar-refractivity contribution in [2.24, 2.45) is 0 Å². The van der Waals surface area contributed by atoms with Gasteiger partial charge in [0, 0.05) is 59.8 Å². The smallest absolute Gasteiger partial charge is 0.273 e. The lowest BCUT2D eigenvalue weighted by atomic mass is 10.3. The Labute approximate surface area is 591 Å². The summed E-state index contributed by atoms with van der Waals surface area (Å²) in [7, 11) is 3.28. The number of carbonyl (C=O) groups is 4. The fourth-order valence-electron chi connectivity index (χ4n) is 7.03. The quantitative estimate of drug-likeness (QED) is 0.0417. The highest BCUT2D eigenvalue weighted by atomic mass is 16.6. The fourth-order valence-corrected chi connectivity index (χ4v) is 7.03. The van der Waals surface area contributed by atoms with Crippen molar-refractivity contribution >= 4 is 35.3 Å². The number of hydrogen-bond acceptors (Lipinski definition) is 32. The van der Waals surface area contributed by atoms with Crippen LogP contribution in [0.1, 0.15) is 47.7 Å². The minimum atomic E-state index is -0.677. The van der Waals surface area contributed by atoms with Gasteiger partial charge in [-0.15, -0.1) is 0 Å². The molecule has 36 nitrogen and oxygen atoms in total. The molecule has 0 unspecified atom stereocenters. The van der Waals surface area contributed by atoms with Gasteiger partial charge in [0.15, 0.2) is 23.0 Å². The molecule has 0 atom stereocenters. The highest BCUT2D eigenvalue weighted by Crippen LogP contribution is 2.13. The number of anilines is 2. The number of rotatable bonds is 79. The summed E-state index contributed by atoms with van der Waals surface area (Å²) in [4.78, 5) is 56.0. The summed E-state index contributed by atoms with van der Waals surface area (Å²) in [5.74, 6) is -2.34. The Balaban J connectivity index is 0.00000225. The van der Waals surface area contributed by atoms with E-state index in [0.29, 0.717) is 304 Å². The van der Waals surface area contributed by atoms with Crippen molar-refractivity contribution in [1.82, 2.24) is 31.2 Å².